The summed E-state index contributed by atoms with van der Waals surface area (Å²) in [6.07, 6.45) is 6.79. The molecule has 0 bridgehead atoms. The van der Waals surface area contributed by atoms with Crippen molar-refractivity contribution in [2.24, 2.45) is 0 Å². The molecule has 1 aromatic carbocycles. The minimum Gasteiger partial charge on any atom is -0.463 e. The molecular weight excluding hydrogens is 252 g/mol. The molecule has 0 aliphatic heterocycles. The van der Waals surface area contributed by atoms with Crippen LogP contribution in [0.5, 0.6) is 0 Å². The predicted molar refractivity (Wildman–Crippen MR) is 80.5 cm³/mol. The molecule has 0 fully saturated rings. The SMILES string of the molecule is CC(=O)OC(CCCCCCO)CCc1ccccc1. The number of carbonyl (C=O) groups is 1. The number of aryl methyl sites for hydroxylation is 1. The maximum Gasteiger partial charge on any atom is 0.302 e. The van der Waals surface area contributed by atoms with E-state index in [2.05, 4.69) is 12.1 Å². The van der Waals surface area contributed by atoms with Gasteiger partial charge < -0.3 is 9.84 Å². The Morgan fingerprint density at radius 3 is 2.45 bits per heavy atom. The van der Waals surface area contributed by atoms with E-state index < -0.39 is 0 Å². The molecule has 1 unspecified atom stereocenters. The zero-order valence-corrected chi connectivity index (χ0v) is 12.4. The summed E-state index contributed by atoms with van der Waals surface area (Å²) in [7, 11) is 0. The number of carbonyl (C=O) groups excluding carboxylic acids is 1. The Bertz CT molecular complexity index is 362. The van der Waals surface area contributed by atoms with E-state index in [1.165, 1.54) is 12.5 Å². The molecule has 0 aromatic heterocycles. The summed E-state index contributed by atoms with van der Waals surface area (Å²) in [4.78, 5) is 11.1. The predicted octanol–water partition coefficient (Wildman–Crippen LogP) is 3.49. The van der Waals surface area contributed by atoms with Crippen LogP contribution >= 0.6 is 0 Å². The van der Waals surface area contributed by atoms with Gasteiger partial charge >= 0.3 is 5.97 Å². The summed E-state index contributed by atoms with van der Waals surface area (Å²) in [5.74, 6) is -0.196. The molecule has 3 heteroatoms. The highest BCUT2D eigenvalue weighted by Gasteiger charge is 2.11. The fourth-order valence-electron chi connectivity index (χ4n) is 2.31. The van der Waals surface area contributed by atoms with Crippen molar-refractivity contribution >= 4 is 5.97 Å². The van der Waals surface area contributed by atoms with Crippen LogP contribution in [0.2, 0.25) is 0 Å². The van der Waals surface area contributed by atoms with Gasteiger partial charge in [-0.25, -0.2) is 0 Å². The summed E-state index contributed by atoms with van der Waals surface area (Å²) in [6.45, 7) is 1.74. The highest BCUT2D eigenvalue weighted by atomic mass is 16.5. The van der Waals surface area contributed by atoms with Crippen LogP contribution in [0.3, 0.4) is 0 Å². The molecule has 0 saturated heterocycles. The first-order chi connectivity index (χ1) is 9.72. The fraction of sp³-hybridized carbons (Fsp3) is 0.588. The van der Waals surface area contributed by atoms with E-state index in [1.54, 1.807) is 0 Å². The highest BCUT2D eigenvalue weighted by Crippen LogP contribution is 2.14. The zero-order valence-electron chi connectivity index (χ0n) is 12.4. The van der Waals surface area contributed by atoms with Gasteiger partial charge in [0.15, 0.2) is 0 Å². The van der Waals surface area contributed by atoms with Gasteiger partial charge in [-0.1, -0.05) is 43.2 Å². The number of hydrogen-bond acceptors (Lipinski definition) is 3. The number of rotatable bonds is 10. The molecule has 1 rings (SSSR count). The zero-order chi connectivity index (χ0) is 14.6. The smallest absolute Gasteiger partial charge is 0.302 e. The van der Waals surface area contributed by atoms with E-state index in [4.69, 9.17) is 9.84 Å². The molecule has 0 saturated carbocycles. The number of esters is 1. The minimum absolute atomic E-state index is 0.0156. The Morgan fingerprint density at radius 1 is 1.10 bits per heavy atom. The van der Waals surface area contributed by atoms with E-state index in [0.29, 0.717) is 0 Å². The van der Waals surface area contributed by atoms with E-state index in [9.17, 15) is 4.79 Å². The quantitative estimate of drug-likeness (QED) is 0.526. The molecule has 3 nitrogen and oxygen atoms in total. The lowest BCUT2D eigenvalue weighted by molar-refractivity contribution is -0.147. The molecule has 0 spiro atoms. The molecule has 0 heterocycles. The van der Waals surface area contributed by atoms with Gasteiger partial charge in [0, 0.05) is 13.5 Å². The lowest BCUT2D eigenvalue weighted by Gasteiger charge is -2.17. The van der Waals surface area contributed by atoms with Crippen molar-refractivity contribution in [1.29, 1.82) is 0 Å². The van der Waals surface area contributed by atoms with Gasteiger partial charge in [0.05, 0.1) is 0 Å². The molecule has 1 aromatic rings. The first-order valence-electron chi connectivity index (χ1n) is 7.54. The van der Waals surface area contributed by atoms with E-state index >= 15 is 0 Å². The van der Waals surface area contributed by atoms with Crippen LogP contribution in [0.15, 0.2) is 30.3 Å². The topological polar surface area (TPSA) is 46.5 Å². The number of ether oxygens (including phenoxy) is 1. The maximum absolute atomic E-state index is 11.1. The second-order valence-corrected chi connectivity index (χ2v) is 5.18. The third-order valence-electron chi connectivity index (χ3n) is 3.36. The summed E-state index contributed by atoms with van der Waals surface area (Å²) in [5.41, 5.74) is 1.28. The van der Waals surface area contributed by atoms with Crippen LogP contribution in [0.4, 0.5) is 0 Å². The second kappa shape index (κ2) is 10.4. The van der Waals surface area contributed by atoms with Crippen molar-refractivity contribution in [1.82, 2.24) is 0 Å². The molecular formula is C17H26O3. The summed E-state index contributed by atoms with van der Waals surface area (Å²) in [5, 5.41) is 8.73. The fourth-order valence-corrected chi connectivity index (χ4v) is 2.31. The Morgan fingerprint density at radius 2 is 1.80 bits per heavy atom. The number of unbranched alkanes of at least 4 members (excludes halogenated alkanes) is 3. The standard InChI is InChI=1S/C17H26O3/c1-15(19)20-17(11-7-2-3-8-14-18)13-12-16-9-5-4-6-10-16/h4-6,9-10,17-18H,2-3,7-8,11-14H2,1H3. The Hall–Kier alpha value is -1.35. The van der Waals surface area contributed by atoms with E-state index in [-0.39, 0.29) is 18.7 Å². The molecule has 0 radical (unpaired) electrons. The average Bonchev–Trinajstić information content (AvgIpc) is 2.45. The van der Waals surface area contributed by atoms with Crippen LogP contribution in [-0.2, 0) is 16.0 Å². The van der Waals surface area contributed by atoms with Crippen molar-refractivity contribution < 1.29 is 14.6 Å². The normalized spacial score (nSPS) is 12.1. The van der Waals surface area contributed by atoms with Gasteiger partial charge in [-0.3, -0.25) is 4.79 Å². The number of benzene rings is 1. The van der Waals surface area contributed by atoms with Crippen molar-refractivity contribution in [3.63, 3.8) is 0 Å². The van der Waals surface area contributed by atoms with E-state index in [1.807, 2.05) is 18.2 Å². The third-order valence-corrected chi connectivity index (χ3v) is 3.36. The maximum atomic E-state index is 11.1. The second-order valence-electron chi connectivity index (χ2n) is 5.18. The van der Waals surface area contributed by atoms with Gasteiger partial charge in [-0.05, 0) is 37.7 Å². The van der Waals surface area contributed by atoms with Crippen molar-refractivity contribution in [3.8, 4) is 0 Å². The van der Waals surface area contributed by atoms with Crippen LogP contribution in [0.1, 0.15) is 51.0 Å². The van der Waals surface area contributed by atoms with Crippen LogP contribution in [-0.4, -0.2) is 23.8 Å². The summed E-state index contributed by atoms with van der Waals surface area (Å²) >= 11 is 0. The van der Waals surface area contributed by atoms with Crippen molar-refractivity contribution in [2.75, 3.05) is 6.61 Å². The molecule has 0 amide bonds. The minimum atomic E-state index is -0.196. The molecule has 20 heavy (non-hydrogen) atoms. The Balaban J connectivity index is 2.30. The van der Waals surface area contributed by atoms with Crippen LogP contribution in [0, 0.1) is 0 Å². The van der Waals surface area contributed by atoms with Gasteiger partial charge in [0.2, 0.25) is 0 Å². The van der Waals surface area contributed by atoms with Gasteiger partial charge in [0.25, 0.3) is 0 Å². The molecule has 112 valence electrons. The van der Waals surface area contributed by atoms with E-state index in [0.717, 1.165) is 44.9 Å². The molecule has 0 aliphatic rings. The highest BCUT2D eigenvalue weighted by molar-refractivity contribution is 5.66. The molecule has 1 atom stereocenters. The van der Waals surface area contributed by atoms with Gasteiger partial charge in [-0.15, -0.1) is 0 Å². The van der Waals surface area contributed by atoms with Crippen LogP contribution in [0.25, 0.3) is 0 Å². The van der Waals surface area contributed by atoms with Crippen LogP contribution < -0.4 is 0 Å². The lowest BCUT2D eigenvalue weighted by Crippen LogP contribution is -2.17. The van der Waals surface area contributed by atoms with Crippen molar-refractivity contribution in [3.05, 3.63) is 35.9 Å². The largest absolute Gasteiger partial charge is 0.463 e. The van der Waals surface area contributed by atoms with Crippen molar-refractivity contribution in [2.45, 2.75) is 58.0 Å². The average molecular weight is 278 g/mol. The van der Waals surface area contributed by atoms with Gasteiger partial charge in [-0.2, -0.15) is 0 Å². The Kier molecular flexibility index (Phi) is 8.72. The summed E-state index contributed by atoms with van der Waals surface area (Å²) < 4.78 is 5.39. The number of aliphatic hydroxyl groups is 1. The molecule has 0 aliphatic carbocycles. The summed E-state index contributed by atoms with van der Waals surface area (Å²) in [6, 6.07) is 10.3. The van der Waals surface area contributed by atoms with Gasteiger partial charge in [0.1, 0.15) is 6.10 Å². The lowest BCUT2D eigenvalue weighted by atomic mass is 10.0. The Labute approximate surface area is 122 Å². The first-order valence-corrected chi connectivity index (χ1v) is 7.54. The first kappa shape index (κ1) is 16.7. The number of aliphatic hydroxyl groups excluding tert-OH is 1. The monoisotopic (exact) mass is 278 g/mol. The third kappa shape index (κ3) is 7.95. The number of hydrogen-bond donors (Lipinski definition) is 1. The molecule has 1 N–H and O–H groups in total.